The van der Waals surface area contributed by atoms with Gasteiger partial charge in [-0.05, 0) is 55.9 Å². The monoisotopic (exact) mass is 353 g/mol. The average Bonchev–Trinajstić information content (AvgIpc) is 2.88. The van der Waals surface area contributed by atoms with Gasteiger partial charge in [-0.15, -0.1) is 0 Å². The molecule has 3 aromatic rings. The Morgan fingerprint density at radius 3 is 2.64 bits per heavy atom. The van der Waals surface area contributed by atoms with E-state index in [-0.39, 0.29) is 5.97 Å². The third-order valence-corrected chi connectivity index (χ3v) is 4.18. The van der Waals surface area contributed by atoms with Crippen LogP contribution < -0.4 is 5.43 Å². The summed E-state index contributed by atoms with van der Waals surface area (Å²) in [5, 5.41) is 0. The van der Waals surface area contributed by atoms with Crippen molar-refractivity contribution in [1.82, 2.24) is 9.66 Å². The molecule has 0 unspecified atom stereocenters. The zero-order valence-corrected chi connectivity index (χ0v) is 15.1. The number of hydrogen-bond donors (Lipinski definition) is 2. The van der Waals surface area contributed by atoms with Crippen molar-refractivity contribution in [1.29, 1.82) is 0 Å². The molecule has 6 heteroatoms. The molecule has 0 aliphatic carbocycles. The number of aromatic amines is 1. The van der Waals surface area contributed by atoms with Crippen molar-refractivity contribution in [3.63, 3.8) is 0 Å². The highest BCUT2D eigenvalue weighted by atomic mass is 32.1. The molecule has 0 spiro atoms. The van der Waals surface area contributed by atoms with E-state index in [0.29, 0.717) is 10.3 Å². The lowest BCUT2D eigenvalue weighted by atomic mass is 10.1. The first-order valence-electron chi connectivity index (χ1n) is 7.83. The van der Waals surface area contributed by atoms with Gasteiger partial charge in [-0.1, -0.05) is 24.3 Å². The minimum atomic E-state index is -0.369. The predicted molar refractivity (Wildman–Crippen MR) is 101 cm³/mol. The Balaban J connectivity index is 2.08. The Morgan fingerprint density at radius 1 is 1.16 bits per heavy atom. The van der Waals surface area contributed by atoms with Gasteiger partial charge in [0.15, 0.2) is 4.77 Å². The summed E-state index contributed by atoms with van der Waals surface area (Å²) in [6.07, 6.45) is 0. The van der Waals surface area contributed by atoms with E-state index in [0.717, 1.165) is 28.2 Å². The van der Waals surface area contributed by atoms with Crippen LogP contribution >= 0.6 is 12.2 Å². The Kier molecular flexibility index (Phi) is 4.72. The summed E-state index contributed by atoms with van der Waals surface area (Å²) >= 11 is 5.45. The quantitative estimate of drug-likeness (QED) is 0.536. The fraction of sp³-hybridized carbons (Fsp3) is 0.158. The highest BCUT2D eigenvalue weighted by molar-refractivity contribution is 7.71. The lowest BCUT2D eigenvalue weighted by Crippen LogP contribution is -2.11. The van der Waals surface area contributed by atoms with Crippen LogP contribution in [0.1, 0.15) is 21.6 Å². The standard InChI is InChI=1S/C19H19N3O2S/c1-12-6-4-9-16(10-12)21-22-17(13(2)20-19(22)25)14-7-5-8-15(11-14)18(23)24-3/h4-11,21H,1-3H3,(H,20,25). The van der Waals surface area contributed by atoms with Crippen molar-refractivity contribution in [2.24, 2.45) is 0 Å². The molecule has 0 fully saturated rings. The average molecular weight is 353 g/mol. The van der Waals surface area contributed by atoms with Crippen molar-refractivity contribution in [3.8, 4) is 11.3 Å². The molecule has 0 saturated carbocycles. The number of nitrogens with zero attached hydrogens (tertiary/aromatic N) is 1. The van der Waals surface area contributed by atoms with Gasteiger partial charge in [-0.3, -0.25) is 5.43 Å². The number of imidazole rings is 1. The minimum absolute atomic E-state index is 0.369. The zero-order valence-electron chi connectivity index (χ0n) is 14.3. The van der Waals surface area contributed by atoms with Crippen molar-refractivity contribution in [2.45, 2.75) is 13.8 Å². The van der Waals surface area contributed by atoms with Crippen LogP contribution in [0.5, 0.6) is 0 Å². The van der Waals surface area contributed by atoms with Crippen LogP contribution in [0.25, 0.3) is 11.3 Å². The molecule has 0 radical (unpaired) electrons. The predicted octanol–water partition coefficient (Wildman–Crippen LogP) is 4.49. The third kappa shape index (κ3) is 3.49. The number of carbonyl (C=O) groups is 1. The van der Waals surface area contributed by atoms with E-state index in [1.165, 1.54) is 7.11 Å². The second-order valence-electron chi connectivity index (χ2n) is 5.79. The number of anilines is 1. The number of aromatic nitrogens is 2. The van der Waals surface area contributed by atoms with Crippen molar-refractivity contribution in [3.05, 3.63) is 70.1 Å². The summed E-state index contributed by atoms with van der Waals surface area (Å²) in [6, 6.07) is 15.3. The summed E-state index contributed by atoms with van der Waals surface area (Å²) in [6.45, 7) is 3.98. The van der Waals surface area contributed by atoms with Gasteiger partial charge in [0.25, 0.3) is 0 Å². The molecule has 2 N–H and O–H groups in total. The number of aryl methyl sites for hydroxylation is 2. The van der Waals surface area contributed by atoms with Gasteiger partial charge in [0.2, 0.25) is 0 Å². The number of nitrogens with one attached hydrogen (secondary N) is 2. The van der Waals surface area contributed by atoms with Gasteiger partial charge in [0, 0.05) is 11.3 Å². The lowest BCUT2D eigenvalue weighted by molar-refractivity contribution is 0.0601. The molecule has 3 rings (SSSR count). The summed E-state index contributed by atoms with van der Waals surface area (Å²) in [5.74, 6) is -0.369. The van der Waals surface area contributed by atoms with Gasteiger partial charge >= 0.3 is 5.97 Å². The van der Waals surface area contributed by atoms with Gasteiger partial charge < -0.3 is 9.72 Å². The highest BCUT2D eigenvalue weighted by Crippen LogP contribution is 2.25. The maximum atomic E-state index is 11.8. The SMILES string of the molecule is COC(=O)c1cccc(-c2c(C)[nH]c(=S)n2Nc2cccc(C)c2)c1. The van der Waals surface area contributed by atoms with Gasteiger partial charge in [-0.25, -0.2) is 9.47 Å². The van der Waals surface area contributed by atoms with Crippen molar-refractivity contribution >= 4 is 23.9 Å². The maximum absolute atomic E-state index is 11.8. The van der Waals surface area contributed by atoms with Gasteiger partial charge in [0.05, 0.1) is 24.1 Å². The topological polar surface area (TPSA) is 59.1 Å². The molecule has 0 amide bonds. The first-order chi connectivity index (χ1) is 12.0. The third-order valence-electron chi connectivity index (χ3n) is 3.89. The first-order valence-corrected chi connectivity index (χ1v) is 8.24. The van der Waals surface area contributed by atoms with Gasteiger partial charge in [0.1, 0.15) is 0 Å². The molecule has 0 aliphatic heterocycles. The smallest absolute Gasteiger partial charge is 0.337 e. The number of H-pyrrole nitrogens is 1. The number of hydrogen-bond acceptors (Lipinski definition) is 4. The van der Waals surface area contributed by atoms with Crippen LogP contribution in [0.2, 0.25) is 0 Å². The number of ether oxygens (including phenoxy) is 1. The Labute approximate surface area is 151 Å². The molecule has 0 aliphatic rings. The van der Waals surface area contributed by atoms with Crippen LogP contribution in [0.3, 0.4) is 0 Å². The normalized spacial score (nSPS) is 10.5. The largest absolute Gasteiger partial charge is 0.465 e. The maximum Gasteiger partial charge on any atom is 0.337 e. The molecule has 2 aromatic carbocycles. The van der Waals surface area contributed by atoms with E-state index in [2.05, 4.69) is 10.4 Å². The molecule has 128 valence electrons. The van der Waals surface area contributed by atoms with Crippen LogP contribution in [0.15, 0.2) is 48.5 Å². The van der Waals surface area contributed by atoms with Gasteiger partial charge in [-0.2, -0.15) is 0 Å². The van der Waals surface area contributed by atoms with Crippen molar-refractivity contribution < 1.29 is 9.53 Å². The summed E-state index contributed by atoms with van der Waals surface area (Å²) in [4.78, 5) is 15.0. The number of esters is 1. The Hall–Kier alpha value is -2.86. The molecular formula is C19H19N3O2S. The second-order valence-corrected chi connectivity index (χ2v) is 6.18. The summed E-state index contributed by atoms with van der Waals surface area (Å²) in [5.41, 5.74) is 8.56. The van der Waals surface area contributed by atoms with Crippen LogP contribution in [0.4, 0.5) is 5.69 Å². The fourth-order valence-electron chi connectivity index (χ4n) is 2.75. The van der Waals surface area contributed by atoms with Crippen molar-refractivity contribution in [2.75, 3.05) is 12.5 Å². The first kappa shape index (κ1) is 17.0. The zero-order chi connectivity index (χ0) is 18.0. The van der Waals surface area contributed by atoms with Crippen LogP contribution in [-0.2, 0) is 4.74 Å². The number of carbonyl (C=O) groups excluding carboxylic acids is 1. The molecule has 0 atom stereocenters. The molecule has 1 heterocycles. The molecule has 0 saturated heterocycles. The highest BCUT2D eigenvalue weighted by Gasteiger charge is 2.14. The van der Waals surface area contributed by atoms with E-state index in [4.69, 9.17) is 17.0 Å². The van der Waals surface area contributed by atoms with Crippen LogP contribution in [0, 0.1) is 18.6 Å². The number of methoxy groups -OCH3 is 1. The molecule has 5 nitrogen and oxygen atoms in total. The second kappa shape index (κ2) is 6.94. The molecule has 1 aromatic heterocycles. The van der Waals surface area contributed by atoms with Crippen LogP contribution in [-0.4, -0.2) is 22.7 Å². The molecule has 25 heavy (non-hydrogen) atoms. The molecule has 0 bridgehead atoms. The Morgan fingerprint density at radius 2 is 1.92 bits per heavy atom. The minimum Gasteiger partial charge on any atom is -0.465 e. The number of benzene rings is 2. The fourth-order valence-corrected chi connectivity index (χ4v) is 3.04. The van der Waals surface area contributed by atoms with E-state index >= 15 is 0 Å². The lowest BCUT2D eigenvalue weighted by Gasteiger charge is -2.13. The van der Waals surface area contributed by atoms with E-state index in [9.17, 15) is 4.79 Å². The summed E-state index contributed by atoms with van der Waals surface area (Å²) < 4.78 is 7.18. The summed E-state index contributed by atoms with van der Waals surface area (Å²) in [7, 11) is 1.37. The molecular weight excluding hydrogens is 334 g/mol. The van der Waals surface area contributed by atoms with E-state index in [1.807, 2.05) is 54.9 Å². The Bertz CT molecular complexity index is 988. The van der Waals surface area contributed by atoms with E-state index in [1.54, 1.807) is 12.1 Å². The number of rotatable bonds is 4. The van der Waals surface area contributed by atoms with E-state index < -0.39 is 0 Å².